The first-order chi connectivity index (χ1) is 8.75. The van der Waals surface area contributed by atoms with Gasteiger partial charge in [-0.15, -0.1) is 11.3 Å². The van der Waals surface area contributed by atoms with Crippen molar-refractivity contribution >= 4 is 11.3 Å². The molecule has 1 N–H and O–H groups in total. The van der Waals surface area contributed by atoms with Gasteiger partial charge in [-0.25, -0.2) is 4.98 Å². The average molecular weight is 261 g/mol. The van der Waals surface area contributed by atoms with E-state index in [0.29, 0.717) is 5.92 Å². The van der Waals surface area contributed by atoms with Gasteiger partial charge in [0.1, 0.15) is 0 Å². The molecule has 2 aromatic rings. The highest BCUT2D eigenvalue weighted by Gasteiger charge is 2.04. The summed E-state index contributed by atoms with van der Waals surface area (Å²) in [6.07, 6.45) is 4.69. The minimum absolute atomic E-state index is 0.526. The van der Waals surface area contributed by atoms with E-state index in [1.54, 1.807) is 17.5 Å². The van der Waals surface area contributed by atoms with E-state index in [2.05, 4.69) is 40.6 Å². The molecule has 0 fully saturated rings. The van der Waals surface area contributed by atoms with Crippen LogP contribution in [0.3, 0.4) is 0 Å². The van der Waals surface area contributed by atoms with Gasteiger partial charge in [-0.05, 0) is 17.5 Å². The average Bonchev–Trinajstić information content (AvgIpc) is 2.85. The fourth-order valence-corrected chi connectivity index (χ4v) is 2.60. The van der Waals surface area contributed by atoms with Crippen LogP contribution in [0.2, 0.25) is 0 Å². The predicted molar refractivity (Wildman–Crippen MR) is 75.9 cm³/mol. The van der Waals surface area contributed by atoms with Gasteiger partial charge in [0.15, 0.2) is 0 Å². The molecule has 0 saturated heterocycles. The van der Waals surface area contributed by atoms with Gasteiger partial charge in [-0.2, -0.15) is 0 Å². The van der Waals surface area contributed by atoms with Crippen LogP contribution in [-0.4, -0.2) is 16.5 Å². The maximum atomic E-state index is 4.62. The number of hydrogen-bond acceptors (Lipinski definition) is 4. The lowest BCUT2D eigenvalue weighted by atomic mass is 10.2. The smallest absolute Gasteiger partial charge is 0.0941 e. The topological polar surface area (TPSA) is 37.8 Å². The van der Waals surface area contributed by atoms with Crippen LogP contribution in [0.1, 0.15) is 36.0 Å². The van der Waals surface area contributed by atoms with E-state index in [1.807, 2.05) is 12.3 Å². The molecule has 96 valence electrons. The molecule has 0 bridgehead atoms. The Morgan fingerprint density at radius 3 is 2.94 bits per heavy atom. The Bertz CT molecular complexity index is 465. The monoisotopic (exact) mass is 261 g/mol. The Morgan fingerprint density at radius 2 is 2.28 bits per heavy atom. The zero-order chi connectivity index (χ0) is 12.8. The van der Waals surface area contributed by atoms with Gasteiger partial charge in [0.25, 0.3) is 0 Å². The third-order valence-electron chi connectivity index (χ3n) is 2.73. The molecular weight excluding hydrogens is 242 g/mol. The molecule has 0 spiro atoms. The Hall–Kier alpha value is -1.26. The Labute approximate surface area is 112 Å². The van der Waals surface area contributed by atoms with Crippen LogP contribution in [0.25, 0.3) is 0 Å². The lowest BCUT2D eigenvalue weighted by Gasteiger charge is -2.03. The van der Waals surface area contributed by atoms with E-state index < -0.39 is 0 Å². The first-order valence-electron chi connectivity index (χ1n) is 6.29. The molecule has 18 heavy (non-hydrogen) atoms. The zero-order valence-corrected chi connectivity index (χ0v) is 11.7. The highest BCUT2D eigenvalue weighted by Crippen LogP contribution is 2.17. The second kappa shape index (κ2) is 6.61. The van der Waals surface area contributed by atoms with Crippen LogP contribution >= 0.6 is 11.3 Å². The number of hydrogen-bond donors (Lipinski definition) is 1. The van der Waals surface area contributed by atoms with E-state index in [1.165, 1.54) is 16.3 Å². The third kappa shape index (κ3) is 3.89. The number of aromatic nitrogens is 2. The van der Waals surface area contributed by atoms with Gasteiger partial charge < -0.3 is 5.32 Å². The van der Waals surface area contributed by atoms with Crippen LogP contribution in [0, 0.1) is 0 Å². The van der Waals surface area contributed by atoms with Crippen molar-refractivity contribution in [3.8, 4) is 0 Å². The van der Waals surface area contributed by atoms with Gasteiger partial charge >= 0.3 is 0 Å². The standard InChI is InChI=1S/C14H19N3S/c1-11(2)13-10-18-14(17-13)5-7-16-9-12-4-3-6-15-8-12/h3-4,6,8,10-11,16H,5,7,9H2,1-2H3. The zero-order valence-electron chi connectivity index (χ0n) is 10.9. The summed E-state index contributed by atoms with van der Waals surface area (Å²) in [5, 5.41) is 6.80. The molecule has 0 amide bonds. The van der Waals surface area contributed by atoms with Gasteiger partial charge in [0.2, 0.25) is 0 Å². The van der Waals surface area contributed by atoms with Crippen molar-refractivity contribution in [2.45, 2.75) is 32.7 Å². The fraction of sp³-hybridized carbons (Fsp3) is 0.429. The molecule has 2 aromatic heterocycles. The van der Waals surface area contributed by atoms with Crippen LogP contribution in [0.4, 0.5) is 0 Å². The van der Waals surface area contributed by atoms with Gasteiger partial charge in [-0.3, -0.25) is 4.98 Å². The Morgan fingerprint density at radius 1 is 1.39 bits per heavy atom. The molecule has 3 nitrogen and oxygen atoms in total. The van der Waals surface area contributed by atoms with Crippen molar-refractivity contribution in [1.29, 1.82) is 0 Å². The minimum atomic E-state index is 0.526. The van der Waals surface area contributed by atoms with Gasteiger partial charge in [0.05, 0.1) is 10.7 Å². The summed E-state index contributed by atoms with van der Waals surface area (Å²) in [5.74, 6) is 0.526. The SMILES string of the molecule is CC(C)c1csc(CCNCc2cccnc2)n1. The summed E-state index contributed by atoms with van der Waals surface area (Å²) in [6.45, 7) is 6.19. The number of nitrogens with zero attached hydrogens (tertiary/aromatic N) is 2. The number of thiazole rings is 1. The molecule has 0 aliphatic rings. The highest BCUT2D eigenvalue weighted by molar-refractivity contribution is 7.09. The summed E-state index contributed by atoms with van der Waals surface area (Å²) >= 11 is 1.76. The second-order valence-electron chi connectivity index (χ2n) is 4.61. The van der Waals surface area contributed by atoms with Crippen molar-refractivity contribution in [2.75, 3.05) is 6.54 Å². The second-order valence-corrected chi connectivity index (χ2v) is 5.55. The number of nitrogens with one attached hydrogen (secondary N) is 1. The Balaban J connectivity index is 1.72. The molecule has 4 heteroatoms. The van der Waals surface area contributed by atoms with Crippen molar-refractivity contribution < 1.29 is 0 Å². The fourth-order valence-electron chi connectivity index (χ4n) is 1.64. The summed E-state index contributed by atoms with van der Waals surface area (Å²) in [5.41, 5.74) is 2.43. The first-order valence-corrected chi connectivity index (χ1v) is 7.17. The third-order valence-corrected chi connectivity index (χ3v) is 3.66. The Kier molecular flexibility index (Phi) is 4.84. The lowest BCUT2D eigenvalue weighted by Crippen LogP contribution is -2.16. The van der Waals surface area contributed by atoms with Gasteiger partial charge in [-0.1, -0.05) is 19.9 Å². The minimum Gasteiger partial charge on any atom is -0.312 e. The van der Waals surface area contributed by atoms with Gasteiger partial charge in [0, 0.05) is 37.3 Å². The van der Waals surface area contributed by atoms with Crippen molar-refractivity contribution in [2.24, 2.45) is 0 Å². The highest BCUT2D eigenvalue weighted by atomic mass is 32.1. The maximum Gasteiger partial charge on any atom is 0.0941 e. The molecule has 0 aliphatic carbocycles. The molecule has 0 unspecified atom stereocenters. The van der Waals surface area contributed by atoms with E-state index in [9.17, 15) is 0 Å². The van der Waals surface area contributed by atoms with E-state index >= 15 is 0 Å². The van der Waals surface area contributed by atoms with Crippen LogP contribution in [0.15, 0.2) is 29.9 Å². The van der Waals surface area contributed by atoms with E-state index in [4.69, 9.17) is 0 Å². The quantitative estimate of drug-likeness (QED) is 0.812. The number of rotatable bonds is 6. The first kappa shape index (κ1) is 13.2. The predicted octanol–water partition coefficient (Wildman–Crippen LogP) is 2.99. The normalized spacial score (nSPS) is 11.1. The number of pyridine rings is 1. The molecule has 0 radical (unpaired) electrons. The van der Waals surface area contributed by atoms with Crippen molar-refractivity contribution in [1.82, 2.24) is 15.3 Å². The summed E-state index contributed by atoms with van der Waals surface area (Å²) in [6, 6.07) is 4.05. The van der Waals surface area contributed by atoms with Crippen molar-refractivity contribution in [3.63, 3.8) is 0 Å². The molecule has 0 saturated carbocycles. The van der Waals surface area contributed by atoms with E-state index in [-0.39, 0.29) is 0 Å². The van der Waals surface area contributed by atoms with Crippen LogP contribution in [0.5, 0.6) is 0 Å². The maximum absolute atomic E-state index is 4.62. The molecule has 0 atom stereocenters. The summed E-state index contributed by atoms with van der Waals surface area (Å²) in [4.78, 5) is 8.71. The lowest BCUT2D eigenvalue weighted by molar-refractivity contribution is 0.681. The molecule has 0 aromatic carbocycles. The van der Waals surface area contributed by atoms with Crippen molar-refractivity contribution in [3.05, 3.63) is 46.2 Å². The summed E-state index contributed by atoms with van der Waals surface area (Å²) in [7, 11) is 0. The molecule has 2 heterocycles. The summed E-state index contributed by atoms with van der Waals surface area (Å²) < 4.78 is 0. The molecular formula is C14H19N3S. The largest absolute Gasteiger partial charge is 0.312 e. The van der Waals surface area contributed by atoms with Crippen LogP contribution < -0.4 is 5.32 Å². The van der Waals surface area contributed by atoms with E-state index in [0.717, 1.165) is 19.5 Å². The molecule has 0 aliphatic heterocycles. The molecule has 2 rings (SSSR count). The van der Waals surface area contributed by atoms with Crippen LogP contribution in [-0.2, 0) is 13.0 Å².